The Labute approximate surface area is 119 Å². The molecule has 4 heteroatoms. The molecular formula is C15H21N3S. The number of rotatable bonds is 5. The molecule has 0 saturated carbocycles. The van der Waals surface area contributed by atoms with Crippen molar-refractivity contribution in [3.05, 3.63) is 39.9 Å². The molecule has 0 radical (unpaired) electrons. The summed E-state index contributed by atoms with van der Waals surface area (Å²) in [6.07, 6.45) is 1.00. The zero-order valence-corrected chi connectivity index (χ0v) is 12.8. The summed E-state index contributed by atoms with van der Waals surface area (Å²) in [6.45, 7) is 9.51. The Balaban J connectivity index is 2.01. The first-order valence-corrected chi connectivity index (χ1v) is 7.49. The Morgan fingerprint density at radius 2 is 1.84 bits per heavy atom. The second kappa shape index (κ2) is 6.15. The Hall–Kier alpha value is -1.42. The first-order chi connectivity index (χ1) is 9.06. The van der Waals surface area contributed by atoms with Gasteiger partial charge in [0, 0.05) is 13.0 Å². The van der Waals surface area contributed by atoms with Gasteiger partial charge in [-0.25, -0.2) is 0 Å². The van der Waals surface area contributed by atoms with Crippen LogP contribution in [-0.2, 0) is 13.0 Å². The fourth-order valence-electron chi connectivity index (χ4n) is 2.05. The molecule has 0 unspecified atom stereocenters. The van der Waals surface area contributed by atoms with Gasteiger partial charge in [0.1, 0.15) is 5.01 Å². The van der Waals surface area contributed by atoms with Crippen LogP contribution in [0.2, 0.25) is 0 Å². The van der Waals surface area contributed by atoms with Crippen LogP contribution >= 0.6 is 11.3 Å². The SMILES string of the molecule is Cc1cccc(C)c1CNc1nnc(CC(C)C)s1. The van der Waals surface area contributed by atoms with Crippen molar-refractivity contribution in [2.24, 2.45) is 5.92 Å². The number of aromatic nitrogens is 2. The molecule has 0 fully saturated rings. The Bertz CT molecular complexity index is 526. The molecule has 1 heterocycles. The first-order valence-electron chi connectivity index (χ1n) is 6.67. The van der Waals surface area contributed by atoms with Gasteiger partial charge >= 0.3 is 0 Å². The smallest absolute Gasteiger partial charge is 0.205 e. The van der Waals surface area contributed by atoms with Gasteiger partial charge in [0.2, 0.25) is 5.13 Å². The van der Waals surface area contributed by atoms with Crippen LogP contribution in [0.15, 0.2) is 18.2 Å². The third kappa shape index (κ3) is 3.77. The summed E-state index contributed by atoms with van der Waals surface area (Å²) in [5.41, 5.74) is 3.99. The topological polar surface area (TPSA) is 37.8 Å². The van der Waals surface area contributed by atoms with E-state index in [-0.39, 0.29) is 0 Å². The van der Waals surface area contributed by atoms with Crippen LogP contribution in [-0.4, -0.2) is 10.2 Å². The second-order valence-corrected chi connectivity index (χ2v) is 6.38. The summed E-state index contributed by atoms with van der Waals surface area (Å²) >= 11 is 1.66. The lowest BCUT2D eigenvalue weighted by molar-refractivity contribution is 0.640. The Morgan fingerprint density at radius 1 is 1.16 bits per heavy atom. The molecule has 0 aliphatic rings. The van der Waals surface area contributed by atoms with Crippen molar-refractivity contribution in [3.63, 3.8) is 0 Å². The van der Waals surface area contributed by atoms with E-state index < -0.39 is 0 Å². The number of nitrogens with one attached hydrogen (secondary N) is 1. The van der Waals surface area contributed by atoms with E-state index in [0.29, 0.717) is 5.92 Å². The number of hydrogen-bond acceptors (Lipinski definition) is 4. The number of benzene rings is 1. The van der Waals surface area contributed by atoms with Crippen molar-refractivity contribution in [3.8, 4) is 0 Å². The van der Waals surface area contributed by atoms with Crippen LogP contribution in [0.4, 0.5) is 5.13 Å². The lowest BCUT2D eigenvalue weighted by atomic mass is 10.0. The first kappa shape index (κ1) is 14.0. The van der Waals surface area contributed by atoms with Crippen LogP contribution in [0.5, 0.6) is 0 Å². The highest BCUT2D eigenvalue weighted by molar-refractivity contribution is 7.15. The van der Waals surface area contributed by atoms with Crippen molar-refractivity contribution in [2.75, 3.05) is 5.32 Å². The summed E-state index contributed by atoms with van der Waals surface area (Å²) in [7, 11) is 0. The van der Waals surface area contributed by atoms with Crippen LogP contribution in [0, 0.1) is 19.8 Å². The maximum absolute atomic E-state index is 4.22. The van der Waals surface area contributed by atoms with Gasteiger partial charge in [-0.1, -0.05) is 43.4 Å². The monoisotopic (exact) mass is 275 g/mol. The minimum absolute atomic E-state index is 0.624. The average Bonchev–Trinajstić information content (AvgIpc) is 2.75. The fourth-order valence-corrected chi connectivity index (χ4v) is 3.00. The van der Waals surface area contributed by atoms with Gasteiger partial charge in [-0.15, -0.1) is 10.2 Å². The van der Waals surface area contributed by atoms with Crippen molar-refractivity contribution in [1.82, 2.24) is 10.2 Å². The van der Waals surface area contributed by atoms with Crippen molar-refractivity contribution >= 4 is 16.5 Å². The van der Waals surface area contributed by atoms with Crippen LogP contribution in [0.25, 0.3) is 0 Å². The summed E-state index contributed by atoms with van der Waals surface area (Å²) in [5, 5.41) is 13.8. The Kier molecular flexibility index (Phi) is 4.53. The molecule has 0 atom stereocenters. The fraction of sp³-hybridized carbons (Fsp3) is 0.467. The summed E-state index contributed by atoms with van der Waals surface area (Å²) in [6, 6.07) is 6.39. The molecule has 19 heavy (non-hydrogen) atoms. The molecule has 3 nitrogen and oxygen atoms in total. The predicted octanol–water partition coefficient (Wildman–Crippen LogP) is 3.97. The molecule has 0 bridgehead atoms. The highest BCUT2D eigenvalue weighted by atomic mass is 32.1. The zero-order valence-electron chi connectivity index (χ0n) is 12.0. The quantitative estimate of drug-likeness (QED) is 0.897. The van der Waals surface area contributed by atoms with E-state index in [4.69, 9.17) is 0 Å². The maximum atomic E-state index is 4.22. The zero-order chi connectivity index (χ0) is 13.8. The van der Waals surface area contributed by atoms with Gasteiger partial charge in [-0.05, 0) is 36.5 Å². The molecule has 0 aliphatic carbocycles. The van der Waals surface area contributed by atoms with Crippen molar-refractivity contribution < 1.29 is 0 Å². The van der Waals surface area contributed by atoms with Gasteiger partial charge < -0.3 is 5.32 Å². The summed E-state index contributed by atoms with van der Waals surface area (Å²) in [5.74, 6) is 0.624. The van der Waals surface area contributed by atoms with E-state index >= 15 is 0 Å². The number of hydrogen-bond donors (Lipinski definition) is 1. The molecule has 1 N–H and O–H groups in total. The van der Waals surface area contributed by atoms with Crippen LogP contribution < -0.4 is 5.32 Å². The maximum Gasteiger partial charge on any atom is 0.205 e. The standard InChI is InChI=1S/C15H21N3S/c1-10(2)8-14-17-18-15(19-14)16-9-13-11(3)6-5-7-12(13)4/h5-7,10H,8-9H2,1-4H3,(H,16,18). The summed E-state index contributed by atoms with van der Waals surface area (Å²) in [4.78, 5) is 0. The van der Waals surface area contributed by atoms with E-state index in [2.05, 4.69) is 61.4 Å². The Morgan fingerprint density at radius 3 is 2.47 bits per heavy atom. The van der Waals surface area contributed by atoms with E-state index in [9.17, 15) is 0 Å². The number of anilines is 1. The molecule has 2 aromatic rings. The average molecular weight is 275 g/mol. The lowest BCUT2D eigenvalue weighted by Gasteiger charge is -2.09. The number of aryl methyl sites for hydroxylation is 2. The molecule has 0 amide bonds. The minimum atomic E-state index is 0.624. The van der Waals surface area contributed by atoms with Crippen molar-refractivity contribution in [1.29, 1.82) is 0 Å². The molecule has 0 aliphatic heterocycles. The third-order valence-corrected chi connectivity index (χ3v) is 4.01. The van der Waals surface area contributed by atoms with Crippen LogP contribution in [0.3, 0.4) is 0 Å². The second-order valence-electron chi connectivity index (χ2n) is 5.32. The van der Waals surface area contributed by atoms with Gasteiger partial charge in [0.15, 0.2) is 0 Å². The van der Waals surface area contributed by atoms with Crippen LogP contribution in [0.1, 0.15) is 35.5 Å². The van der Waals surface area contributed by atoms with Gasteiger partial charge in [-0.2, -0.15) is 0 Å². The van der Waals surface area contributed by atoms with Crippen molar-refractivity contribution in [2.45, 2.75) is 40.7 Å². The third-order valence-electron chi connectivity index (χ3n) is 3.11. The van der Waals surface area contributed by atoms with Gasteiger partial charge in [0.05, 0.1) is 0 Å². The van der Waals surface area contributed by atoms with Gasteiger partial charge in [0.25, 0.3) is 0 Å². The normalized spacial score (nSPS) is 11.0. The predicted molar refractivity (Wildman–Crippen MR) is 81.7 cm³/mol. The molecule has 1 aromatic carbocycles. The largest absolute Gasteiger partial charge is 0.356 e. The summed E-state index contributed by atoms with van der Waals surface area (Å²) < 4.78 is 0. The molecule has 102 valence electrons. The van der Waals surface area contributed by atoms with E-state index in [1.165, 1.54) is 16.7 Å². The number of nitrogens with zero attached hydrogens (tertiary/aromatic N) is 2. The molecule has 1 aromatic heterocycles. The molecule has 0 spiro atoms. The van der Waals surface area contributed by atoms with Gasteiger partial charge in [-0.3, -0.25) is 0 Å². The molecule has 2 rings (SSSR count). The van der Waals surface area contributed by atoms with E-state index in [1.807, 2.05) is 0 Å². The molecule has 0 saturated heterocycles. The van der Waals surface area contributed by atoms with E-state index in [1.54, 1.807) is 11.3 Å². The highest BCUT2D eigenvalue weighted by Gasteiger charge is 2.07. The molecular weight excluding hydrogens is 254 g/mol. The van der Waals surface area contributed by atoms with E-state index in [0.717, 1.165) is 23.1 Å². The highest BCUT2D eigenvalue weighted by Crippen LogP contribution is 2.20. The lowest BCUT2D eigenvalue weighted by Crippen LogP contribution is -2.03. The minimum Gasteiger partial charge on any atom is -0.356 e.